The Morgan fingerprint density at radius 1 is 1.17 bits per heavy atom. The van der Waals surface area contributed by atoms with Crippen LogP contribution in [0.2, 0.25) is 0 Å². The number of rotatable bonds is 5. The molecule has 2 saturated heterocycles. The van der Waals surface area contributed by atoms with Crippen molar-refractivity contribution < 1.29 is 9.53 Å². The van der Waals surface area contributed by atoms with E-state index in [-0.39, 0.29) is 11.9 Å². The van der Waals surface area contributed by atoms with Crippen molar-refractivity contribution in [3.8, 4) is 0 Å². The second kappa shape index (κ2) is 7.24. The number of hydrogen-bond acceptors (Lipinski definition) is 3. The van der Waals surface area contributed by atoms with Gasteiger partial charge in [0.2, 0.25) is 0 Å². The van der Waals surface area contributed by atoms with Crippen molar-refractivity contribution in [1.82, 2.24) is 10.2 Å². The minimum Gasteiger partial charge on any atom is -0.379 e. The molecule has 0 spiro atoms. The largest absolute Gasteiger partial charge is 0.379 e. The molecule has 1 aromatic rings. The Kier molecular flexibility index (Phi) is 4.86. The molecule has 2 unspecified atom stereocenters. The van der Waals surface area contributed by atoms with Crippen molar-refractivity contribution in [2.24, 2.45) is 11.8 Å². The van der Waals surface area contributed by atoms with Crippen LogP contribution >= 0.6 is 0 Å². The molecule has 1 saturated carbocycles. The summed E-state index contributed by atoms with van der Waals surface area (Å²) >= 11 is 0. The average molecular weight is 328 g/mol. The molecule has 3 aliphatic rings. The molecule has 2 aliphatic heterocycles. The van der Waals surface area contributed by atoms with Gasteiger partial charge >= 0.3 is 0 Å². The van der Waals surface area contributed by atoms with Crippen molar-refractivity contribution >= 4 is 5.91 Å². The molecule has 2 heterocycles. The topological polar surface area (TPSA) is 41.6 Å². The summed E-state index contributed by atoms with van der Waals surface area (Å²) in [6, 6.07) is 8.33. The molecule has 3 fully saturated rings. The Balaban J connectivity index is 1.37. The quantitative estimate of drug-likeness (QED) is 0.904. The monoisotopic (exact) mass is 328 g/mol. The Morgan fingerprint density at radius 3 is 2.79 bits per heavy atom. The van der Waals surface area contributed by atoms with Gasteiger partial charge in [-0.05, 0) is 62.4 Å². The zero-order valence-electron chi connectivity index (χ0n) is 14.4. The highest BCUT2D eigenvalue weighted by Gasteiger charge is 2.40. The van der Waals surface area contributed by atoms with E-state index in [4.69, 9.17) is 4.74 Å². The minimum absolute atomic E-state index is 0.0524. The van der Waals surface area contributed by atoms with Gasteiger partial charge in [0.1, 0.15) is 0 Å². The number of amides is 1. The van der Waals surface area contributed by atoms with Crippen molar-refractivity contribution in [2.75, 3.05) is 26.3 Å². The van der Waals surface area contributed by atoms with Gasteiger partial charge in [-0.1, -0.05) is 18.6 Å². The van der Waals surface area contributed by atoms with Gasteiger partial charge < -0.3 is 10.1 Å². The number of hydrogen-bond donors (Lipinski definition) is 1. The molecular weight excluding hydrogens is 300 g/mol. The Labute approximate surface area is 144 Å². The van der Waals surface area contributed by atoms with Crippen molar-refractivity contribution in [2.45, 2.75) is 44.7 Å². The molecule has 130 valence electrons. The Hall–Kier alpha value is -1.39. The van der Waals surface area contributed by atoms with Gasteiger partial charge in [-0.15, -0.1) is 0 Å². The number of likely N-dealkylation sites (tertiary alicyclic amines) is 1. The van der Waals surface area contributed by atoms with E-state index in [0.717, 1.165) is 24.6 Å². The molecular formula is C20H28N2O2. The summed E-state index contributed by atoms with van der Waals surface area (Å²) in [5, 5.41) is 3.22. The van der Waals surface area contributed by atoms with E-state index in [2.05, 4.69) is 22.3 Å². The third kappa shape index (κ3) is 3.81. The van der Waals surface area contributed by atoms with E-state index in [0.29, 0.717) is 12.5 Å². The standard InChI is InChI=1S/C20H28N2O2/c23-20(21-19-14-24-13-18(19)16-7-8-16)17-6-4-5-15(11-17)12-22-9-2-1-3-10-22/h4-6,11,16,18-19H,1-3,7-10,12-14H2,(H,21,23). The van der Waals surface area contributed by atoms with Crippen molar-refractivity contribution in [3.05, 3.63) is 35.4 Å². The zero-order valence-corrected chi connectivity index (χ0v) is 14.4. The summed E-state index contributed by atoms with van der Waals surface area (Å²) in [7, 11) is 0. The van der Waals surface area contributed by atoms with Crippen LogP contribution in [0.1, 0.15) is 48.0 Å². The minimum atomic E-state index is 0.0524. The molecule has 4 nitrogen and oxygen atoms in total. The maximum atomic E-state index is 12.7. The fraction of sp³-hybridized carbons (Fsp3) is 0.650. The number of nitrogens with one attached hydrogen (secondary N) is 1. The number of ether oxygens (including phenoxy) is 1. The van der Waals surface area contributed by atoms with E-state index in [1.165, 1.54) is 50.8 Å². The van der Waals surface area contributed by atoms with Crippen LogP contribution in [0.5, 0.6) is 0 Å². The molecule has 24 heavy (non-hydrogen) atoms. The first kappa shape index (κ1) is 16.1. The molecule has 1 aromatic carbocycles. The first-order chi connectivity index (χ1) is 11.8. The van der Waals surface area contributed by atoms with Crippen LogP contribution in [-0.4, -0.2) is 43.2 Å². The lowest BCUT2D eigenvalue weighted by molar-refractivity contribution is 0.0923. The van der Waals surface area contributed by atoms with Crippen molar-refractivity contribution in [3.63, 3.8) is 0 Å². The summed E-state index contributed by atoms with van der Waals surface area (Å²) in [5.41, 5.74) is 2.02. The Morgan fingerprint density at radius 2 is 2.00 bits per heavy atom. The molecule has 0 radical (unpaired) electrons. The molecule has 4 rings (SSSR count). The van der Waals surface area contributed by atoms with Gasteiger partial charge in [-0.25, -0.2) is 0 Å². The van der Waals surface area contributed by atoms with E-state index in [1.807, 2.05) is 12.1 Å². The summed E-state index contributed by atoms with van der Waals surface area (Å²) < 4.78 is 5.61. The fourth-order valence-electron chi connectivity index (χ4n) is 4.15. The first-order valence-corrected chi connectivity index (χ1v) is 9.49. The molecule has 1 N–H and O–H groups in total. The van der Waals surface area contributed by atoms with Crippen LogP contribution < -0.4 is 5.32 Å². The van der Waals surface area contributed by atoms with Gasteiger partial charge in [0, 0.05) is 18.0 Å². The maximum Gasteiger partial charge on any atom is 0.251 e. The first-order valence-electron chi connectivity index (χ1n) is 9.49. The highest BCUT2D eigenvalue weighted by atomic mass is 16.5. The van der Waals surface area contributed by atoms with Crippen LogP contribution in [0.15, 0.2) is 24.3 Å². The molecule has 1 amide bonds. The third-order valence-electron chi connectivity index (χ3n) is 5.71. The summed E-state index contributed by atoms with van der Waals surface area (Å²) in [6.45, 7) is 4.79. The number of carbonyl (C=O) groups excluding carboxylic acids is 1. The lowest BCUT2D eigenvalue weighted by atomic mass is 9.97. The average Bonchev–Trinajstić information content (AvgIpc) is 3.35. The number of piperidine rings is 1. The van der Waals surface area contributed by atoms with Gasteiger partial charge in [0.05, 0.1) is 19.3 Å². The van der Waals surface area contributed by atoms with E-state index < -0.39 is 0 Å². The van der Waals surface area contributed by atoms with Crippen LogP contribution in [-0.2, 0) is 11.3 Å². The second-order valence-corrected chi connectivity index (χ2v) is 7.66. The van der Waals surface area contributed by atoms with E-state index in [9.17, 15) is 4.79 Å². The second-order valence-electron chi connectivity index (χ2n) is 7.66. The summed E-state index contributed by atoms with van der Waals surface area (Å²) in [6.07, 6.45) is 6.54. The lowest BCUT2D eigenvalue weighted by Gasteiger charge is -2.26. The normalized spacial score (nSPS) is 28.0. The molecule has 2 atom stereocenters. The van der Waals surface area contributed by atoms with Crippen molar-refractivity contribution in [1.29, 1.82) is 0 Å². The molecule has 0 aromatic heterocycles. The van der Waals surface area contributed by atoms with Gasteiger partial charge in [0.25, 0.3) is 5.91 Å². The summed E-state index contributed by atoms with van der Waals surface area (Å²) in [5.74, 6) is 1.34. The SMILES string of the molecule is O=C(NC1COCC1C1CC1)c1cccc(CN2CCCCC2)c1. The number of carbonyl (C=O) groups is 1. The van der Waals surface area contributed by atoms with Gasteiger partial charge in [0.15, 0.2) is 0 Å². The van der Waals surface area contributed by atoms with Crippen LogP contribution in [0.25, 0.3) is 0 Å². The van der Waals surface area contributed by atoms with Crippen LogP contribution in [0.3, 0.4) is 0 Å². The summed E-state index contributed by atoms with van der Waals surface area (Å²) in [4.78, 5) is 15.1. The predicted octanol–water partition coefficient (Wildman–Crippen LogP) is 2.83. The molecule has 0 bridgehead atoms. The maximum absolute atomic E-state index is 12.7. The smallest absolute Gasteiger partial charge is 0.251 e. The zero-order chi connectivity index (χ0) is 16.4. The van der Waals surface area contributed by atoms with Gasteiger partial charge in [-0.2, -0.15) is 0 Å². The molecule has 1 aliphatic carbocycles. The number of nitrogens with zero attached hydrogens (tertiary/aromatic N) is 1. The highest BCUT2D eigenvalue weighted by molar-refractivity contribution is 5.94. The fourth-order valence-corrected chi connectivity index (χ4v) is 4.15. The van der Waals surface area contributed by atoms with Gasteiger partial charge in [-0.3, -0.25) is 9.69 Å². The Bertz CT molecular complexity index is 579. The third-order valence-corrected chi connectivity index (χ3v) is 5.71. The lowest BCUT2D eigenvalue weighted by Crippen LogP contribution is -2.40. The molecule has 4 heteroatoms. The predicted molar refractivity (Wildman–Crippen MR) is 93.9 cm³/mol. The van der Waals surface area contributed by atoms with Crippen LogP contribution in [0.4, 0.5) is 0 Å². The van der Waals surface area contributed by atoms with E-state index in [1.54, 1.807) is 0 Å². The van der Waals surface area contributed by atoms with Crippen LogP contribution in [0, 0.1) is 11.8 Å². The highest BCUT2D eigenvalue weighted by Crippen LogP contribution is 2.40. The van der Waals surface area contributed by atoms with E-state index >= 15 is 0 Å². The number of benzene rings is 1.